The summed E-state index contributed by atoms with van der Waals surface area (Å²) >= 11 is 0. The standard InChI is InChI=1S/C19H34O6/c1-12-10-18(20-4)25-17(12)6-8-22-19-13(2)9-16(24-19)11-15-5-7-21-14(3)23-15/h12-19H,5-11H2,1-4H3. The van der Waals surface area contributed by atoms with Crippen LogP contribution in [0.3, 0.4) is 0 Å². The Labute approximate surface area is 151 Å². The van der Waals surface area contributed by atoms with E-state index in [9.17, 15) is 0 Å². The predicted molar refractivity (Wildman–Crippen MR) is 92.0 cm³/mol. The Morgan fingerprint density at radius 1 is 0.960 bits per heavy atom. The lowest BCUT2D eigenvalue weighted by atomic mass is 10.0. The van der Waals surface area contributed by atoms with E-state index in [1.54, 1.807) is 7.11 Å². The number of rotatable bonds is 7. The van der Waals surface area contributed by atoms with E-state index < -0.39 is 0 Å². The van der Waals surface area contributed by atoms with Crippen molar-refractivity contribution in [3.05, 3.63) is 0 Å². The Morgan fingerprint density at radius 2 is 1.80 bits per heavy atom. The second-order valence-electron chi connectivity index (χ2n) is 7.77. The average molecular weight is 358 g/mol. The largest absolute Gasteiger partial charge is 0.356 e. The minimum Gasteiger partial charge on any atom is -0.356 e. The number of hydrogen-bond donors (Lipinski definition) is 0. The monoisotopic (exact) mass is 358 g/mol. The van der Waals surface area contributed by atoms with Crippen LogP contribution in [0.1, 0.15) is 52.9 Å². The van der Waals surface area contributed by atoms with Crippen LogP contribution < -0.4 is 0 Å². The Hall–Kier alpha value is -0.240. The van der Waals surface area contributed by atoms with E-state index in [-0.39, 0.29) is 37.2 Å². The highest BCUT2D eigenvalue weighted by atomic mass is 16.7. The van der Waals surface area contributed by atoms with Gasteiger partial charge in [0.1, 0.15) is 0 Å². The quantitative estimate of drug-likeness (QED) is 0.697. The zero-order chi connectivity index (χ0) is 17.8. The first-order valence-corrected chi connectivity index (χ1v) is 9.77. The summed E-state index contributed by atoms with van der Waals surface area (Å²) in [5, 5.41) is 0. The van der Waals surface area contributed by atoms with E-state index in [1.807, 2.05) is 6.92 Å². The maximum Gasteiger partial charge on any atom is 0.160 e. The Balaban J connectivity index is 1.36. The third-order valence-corrected chi connectivity index (χ3v) is 5.60. The van der Waals surface area contributed by atoms with Gasteiger partial charge < -0.3 is 28.4 Å². The second-order valence-corrected chi connectivity index (χ2v) is 7.77. The van der Waals surface area contributed by atoms with Gasteiger partial charge in [-0.2, -0.15) is 0 Å². The van der Waals surface area contributed by atoms with E-state index in [0.717, 1.165) is 38.7 Å². The highest BCUT2D eigenvalue weighted by Gasteiger charge is 2.36. The topological polar surface area (TPSA) is 55.4 Å². The van der Waals surface area contributed by atoms with Crippen LogP contribution in [0.15, 0.2) is 0 Å². The molecule has 6 heteroatoms. The minimum atomic E-state index is -0.114. The lowest BCUT2D eigenvalue weighted by Gasteiger charge is -2.29. The van der Waals surface area contributed by atoms with Crippen LogP contribution in [-0.4, -0.2) is 57.5 Å². The van der Waals surface area contributed by atoms with Crippen molar-refractivity contribution in [1.29, 1.82) is 0 Å². The first kappa shape index (κ1) is 19.5. The lowest BCUT2D eigenvalue weighted by Crippen LogP contribution is -2.33. The van der Waals surface area contributed by atoms with Gasteiger partial charge in [-0.15, -0.1) is 0 Å². The predicted octanol–water partition coefficient (Wildman–Crippen LogP) is 3.08. The fourth-order valence-electron chi connectivity index (χ4n) is 4.12. The summed E-state index contributed by atoms with van der Waals surface area (Å²) in [5.74, 6) is 0.923. The molecule has 3 fully saturated rings. The molecule has 0 radical (unpaired) electrons. The van der Waals surface area contributed by atoms with Gasteiger partial charge in [-0.25, -0.2) is 0 Å². The second kappa shape index (κ2) is 9.11. The first-order chi connectivity index (χ1) is 12.0. The molecule has 0 aromatic heterocycles. The Bertz CT molecular complexity index is 405. The summed E-state index contributed by atoms with van der Waals surface area (Å²) in [6.45, 7) is 7.81. The molecule has 0 N–H and O–H groups in total. The smallest absolute Gasteiger partial charge is 0.160 e. The molecule has 0 spiro atoms. The third-order valence-electron chi connectivity index (χ3n) is 5.60. The van der Waals surface area contributed by atoms with Gasteiger partial charge in [0.05, 0.1) is 31.5 Å². The normalized spacial score (nSPS) is 45.1. The summed E-state index contributed by atoms with van der Waals surface area (Å²) in [4.78, 5) is 0. The summed E-state index contributed by atoms with van der Waals surface area (Å²) < 4.78 is 34.6. The molecule has 0 bridgehead atoms. The molecular weight excluding hydrogens is 324 g/mol. The molecule has 6 nitrogen and oxygen atoms in total. The van der Waals surface area contributed by atoms with Crippen molar-refractivity contribution in [3.8, 4) is 0 Å². The van der Waals surface area contributed by atoms with Gasteiger partial charge in [-0.3, -0.25) is 0 Å². The SMILES string of the molecule is COC1CC(C)C(CCOC2OC(CC3CCOC(C)O3)CC2C)O1. The van der Waals surface area contributed by atoms with Gasteiger partial charge in [-0.05, 0) is 32.1 Å². The van der Waals surface area contributed by atoms with Crippen LogP contribution in [0.25, 0.3) is 0 Å². The van der Waals surface area contributed by atoms with Crippen molar-refractivity contribution in [1.82, 2.24) is 0 Å². The third kappa shape index (κ3) is 5.37. The Morgan fingerprint density at radius 3 is 2.52 bits per heavy atom. The molecular formula is C19H34O6. The van der Waals surface area contributed by atoms with Gasteiger partial charge in [-0.1, -0.05) is 13.8 Å². The number of ether oxygens (including phenoxy) is 6. The summed E-state index contributed by atoms with van der Waals surface area (Å²) in [6, 6.07) is 0. The van der Waals surface area contributed by atoms with Crippen LogP contribution in [0, 0.1) is 11.8 Å². The van der Waals surface area contributed by atoms with E-state index in [4.69, 9.17) is 28.4 Å². The highest BCUT2D eigenvalue weighted by molar-refractivity contribution is 4.79. The summed E-state index contributed by atoms with van der Waals surface area (Å²) in [6.07, 6.45) is 5.14. The maximum absolute atomic E-state index is 6.14. The van der Waals surface area contributed by atoms with Crippen LogP contribution in [0.5, 0.6) is 0 Å². The highest BCUT2D eigenvalue weighted by Crippen LogP contribution is 2.33. The molecule has 0 aromatic carbocycles. The van der Waals surface area contributed by atoms with Crippen molar-refractivity contribution in [2.24, 2.45) is 11.8 Å². The van der Waals surface area contributed by atoms with Crippen molar-refractivity contribution < 1.29 is 28.4 Å². The van der Waals surface area contributed by atoms with Crippen molar-refractivity contribution in [2.75, 3.05) is 20.3 Å². The van der Waals surface area contributed by atoms with Crippen LogP contribution in [0.2, 0.25) is 0 Å². The molecule has 3 aliphatic heterocycles. The van der Waals surface area contributed by atoms with Gasteiger partial charge >= 0.3 is 0 Å². The van der Waals surface area contributed by atoms with Gasteiger partial charge in [0.15, 0.2) is 18.9 Å². The first-order valence-electron chi connectivity index (χ1n) is 9.77. The average Bonchev–Trinajstić information content (AvgIpc) is 3.10. The molecule has 146 valence electrons. The van der Waals surface area contributed by atoms with Gasteiger partial charge in [0.2, 0.25) is 0 Å². The molecule has 0 aromatic rings. The molecule has 8 unspecified atom stereocenters. The maximum atomic E-state index is 6.14. The summed E-state index contributed by atoms with van der Waals surface area (Å²) in [5.41, 5.74) is 0. The van der Waals surface area contributed by atoms with Crippen LogP contribution in [0.4, 0.5) is 0 Å². The van der Waals surface area contributed by atoms with Crippen molar-refractivity contribution in [2.45, 2.75) is 90.1 Å². The molecule has 0 aliphatic carbocycles. The zero-order valence-electron chi connectivity index (χ0n) is 16.0. The fraction of sp³-hybridized carbons (Fsp3) is 1.00. The molecule has 3 heterocycles. The molecule has 0 saturated carbocycles. The molecule has 25 heavy (non-hydrogen) atoms. The molecule has 0 amide bonds. The van der Waals surface area contributed by atoms with Crippen molar-refractivity contribution >= 4 is 0 Å². The van der Waals surface area contributed by atoms with Crippen molar-refractivity contribution in [3.63, 3.8) is 0 Å². The van der Waals surface area contributed by atoms with Gasteiger partial charge in [0.25, 0.3) is 0 Å². The molecule has 3 rings (SSSR count). The van der Waals surface area contributed by atoms with Crippen LogP contribution >= 0.6 is 0 Å². The summed E-state index contributed by atoms with van der Waals surface area (Å²) in [7, 11) is 1.70. The lowest BCUT2D eigenvalue weighted by molar-refractivity contribution is -0.214. The van der Waals surface area contributed by atoms with E-state index in [1.165, 1.54) is 0 Å². The van der Waals surface area contributed by atoms with E-state index >= 15 is 0 Å². The molecule has 3 saturated heterocycles. The molecule has 8 atom stereocenters. The van der Waals surface area contributed by atoms with E-state index in [0.29, 0.717) is 18.4 Å². The van der Waals surface area contributed by atoms with Crippen LogP contribution in [-0.2, 0) is 28.4 Å². The minimum absolute atomic E-state index is 0.0621. The number of methoxy groups -OCH3 is 1. The fourth-order valence-corrected chi connectivity index (χ4v) is 4.12. The Kier molecular flexibility index (Phi) is 7.11. The number of hydrogen-bond acceptors (Lipinski definition) is 6. The van der Waals surface area contributed by atoms with Gasteiger partial charge in [0, 0.05) is 25.9 Å². The molecule has 3 aliphatic rings. The van der Waals surface area contributed by atoms with E-state index in [2.05, 4.69) is 13.8 Å². The zero-order valence-corrected chi connectivity index (χ0v) is 16.0.